The maximum absolute atomic E-state index is 12.1. The fourth-order valence-electron chi connectivity index (χ4n) is 3.84. The monoisotopic (exact) mass is 314 g/mol. The van der Waals surface area contributed by atoms with Crippen molar-refractivity contribution in [3.8, 4) is 0 Å². The summed E-state index contributed by atoms with van der Waals surface area (Å²) in [5.74, 6) is 0.543. The van der Waals surface area contributed by atoms with Gasteiger partial charge in [0.05, 0.1) is 11.5 Å². The van der Waals surface area contributed by atoms with Gasteiger partial charge < -0.3 is 5.73 Å². The molecule has 6 heteroatoms. The van der Waals surface area contributed by atoms with Crippen LogP contribution in [-0.2, 0) is 16.3 Å². The maximum atomic E-state index is 12.1. The lowest BCUT2D eigenvalue weighted by Gasteiger charge is -2.50. The van der Waals surface area contributed by atoms with Crippen LogP contribution in [0, 0.1) is 0 Å². The molecule has 1 aromatic rings. The van der Waals surface area contributed by atoms with E-state index in [2.05, 4.69) is 23.3 Å². The van der Waals surface area contributed by atoms with Gasteiger partial charge in [0.25, 0.3) is 0 Å². The highest BCUT2D eigenvalue weighted by molar-refractivity contribution is 7.91. The van der Waals surface area contributed by atoms with Crippen LogP contribution in [0.4, 0.5) is 0 Å². The number of hydrogen-bond acceptors (Lipinski definition) is 5. The Bertz CT molecular complexity index is 596. The lowest BCUT2D eigenvalue weighted by Crippen LogP contribution is -2.61. The molecule has 1 aromatic heterocycles. The van der Waals surface area contributed by atoms with E-state index in [4.69, 9.17) is 5.73 Å². The quantitative estimate of drug-likeness (QED) is 0.900. The van der Waals surface area contributed by atoms with Crippen molar-refractivity contribution in [2.24, 2.45) is 5.73 Å². The summed E-state index contributed by atoms with van der Waals surface area (Å²) < 4.78 is 24.2. The first-order chi connectivity index (χ1) is 9.47. The Morgan fingerprint density at radius 2 is 2.35 bits per heavy atom. The highest BCUT2D eigenvalue weighted by atomic mass is 32.2. The van der Waals surface area contributed by atoms with Gasteiger partial charge in [0.15, 0.2) is 9.84 Å². The number of sulfone groups is 1. The molecule has 4 nitrogen and oxygen atoms in total. The third kappa shape index (κ3) is 2.32. The number of nitrogens with two attached hydrogens (primary N) is 1. The molecule has 0 amide bonds. The predicted octanol–water partition coefficient (Wildman–Crippen LogP) is 1.57. The second kappa shape index (κ2) is 5.09. The summed E-state index contributed by atoms with van der Waals surface area (Å²) in [5.41, 5.74) is 7.04. The van der Waals surface area contributed by atoms with Crippen molar-refractivity contribution < 1.29 is 8.42 Å². The Morgan fingerprint density at radius 3 is 3.05 bits per heavy atom. The number of rotatable bonds is 2. The molecule has 3 heterocycles. The molecule has 1 fully saturated rings. The minimum absolute atomic E-state index is 0.223. The van der Waals surface area contributed by atoms with Crippen molar-refractivity contribution in [1.82, 2.24) is 4.90 Å². The van der Waals surface area contributed by atoms with E-state index in [0.717, 1.165) is 25.8 Å². The standard InChI is InChI=1S/C14H22N2O2S2/c1-11-12-4-7-19-13(12)3-6-16(11)14(9-15)5-2-8-20(17,18)10-14/h4,7,11H,2-3,5-6,8-10,15H2,1H3. The summed E-state index contributed by atoms with van der Waals surface area (Å²) in [5, 5.41) is 2.14. The molecule has 2 aliphatic rings. The zero-order valence-electron chi connectivity index (χ0n) is 11.8. The summed E-state index contributed by atoms with van der Waals surface area (Å²) in [6.45, 7) is 3.53. The van der Waals surface area contributed by atoms with Crippen molar-refractivity contribution >= 4 is 21.2 Å². The number of nitrogens with zero attached hydrogens (tertiary/aromatic N) is 1. The smallest absolute Gasteiger partial charge is 0.152 e. The molecule has 1 saturated heterocycles. The van der Waals surface area contributed by atoms with Crippen LogP contribution in [0.3, 0.4) is 0 Å². The van der Waals surface area contributed by atoms with Crippen molar-refractivity contribution in [3.63, 3.8) is 0 Å². The van der Waals surface area contributed by atoms with E-state index in [1.165, 1.54) is 10.4 Å². The number of hydrogen-bond donors (Lipinski definition) is 1. The molecule has 0 bridgehead atoms. The lowest BCUT2D eigenvalue weighted by atomic mass is 9.87. The van der Waals surface area contributed by atoms with E-state index in [0.29, 0.717) is 12.3 Å². The second-order valence-corrected chi connectivity index (χ2v) is 9.23. The Balaban J connectivity index is 1.94. The van der Waals surface area contributed by atoms with Gasteiger partial charge in [-0.15, -0.1) is 11.3 Å². The van der Waals surface area contributed by atoms with Crippen LogP contribution in [-0.4, -0.2) is 43.5 Å². The zero-order valence-corrected chi connectivity index (χ0v) is 13.5. The van der Waals surface area contributed by atoms with Crippen molar-refractivity contribution in [2.45, 2.75) is 37.8 Å². The molecular weight excluding hydrogens is 292 g/mol. The van der Waals surface area contributed by atoms with Gasteiger partial charge >= 0.3 is 0 Å². The summed E-state index contributed by atoms with van der Waals surface area (Å²) in [6, 6.07) is 2.44. The molecule has 20 heavy (non-hydrogen) atoms. The molecule has 2 atom stereocenters. The van der Waals surface area contributed by atoms with Crippen LogP contribution in [0.15, 0.2) is 11.4 Å². The molecule has 0 aliphatic carbocycles. The SMILES string of the molecule is CC1c2ccsc2CCN1C1(CN)CCCS(=O)(=O)C1. The summed E-state index contributed by atoms with van der Waals surface area (Å²) >= 11 is 1.81. The van der Waals surface area contributed by atoms with E-state index >= 15 is 0 Å². The summed E-state index contributed by atoms with van der Waals surface area (Å²) in [4.78, 5) is 3.80. The average molecular weight is 314 g/mol. The molecule has 112 valence electrons. The Hall–Kier alpha value is -0.430. The molecule has 0 spiro atoms. The number of thiophene rings is 1. The third-order valence-electron chi connectivity index (χ3n) is 4.85. The first kappa shape index (κ1) is 14.5. The summed E-state index contributed by atoms with van der Waals surface area (Å²) in [6.07, 6.45) is 2.64. The highest BCUT2D eigenvalue weighted by Gasteiger charge is 2.45. The lowest BCUT2D eigenvalue weighted by molar-refractivity contribution is 0.0536. The van der Waals surface area contributed by atoms with Crippen molar-refractivity contribution in [1.29, 1.82) is 0 Å². The van der Waals surface area contributed by atoms with Crippen LogP contribution >= 0.6 is 11.3 Å². The molecule has 0 radical (unpaired) electrons. The molecule has 2 aliphatic heterocycles. The topological polar surface area (TPSA) is 63.4 Å². The molecule has 3 rings (SSSR count). The highest BCUT2D eigenvalue weighted by Crippen LogP contribution is 2.40. The zero-order chi connectivity index (χ0) is 14.4. The van der Waals surface area contributed by atoms with Gasteiger partial charge in [-0.25, -0.2) is 8.42 Å². The Labute approximate surface area is 124 Å². The molecule has 0 aromatic carbocycles. The first-order valence-corrected chi connectivity index (χ1v) is 9.91. The van der Waals surface area contributed by atoms with Gasteiger partial charge in [0.2, 0.25) is 0 Å². The maximum Gasteiger partial charge on any atom is 0.152 e. The third-order valence-corrected chi connectivity index (χ3v) is 7.74. The second-order valence-electron chi connectivity index (χ2n) is 6.04. The van der Waals surface area contributed by atoms with E-state index in [9.17, 15) is 8.42 Å². The van der Waals surface area contributed by atoms with Gasteiger partial charge in [-0.1, -0.05) is 0 Å². The van der Waals surface area contributed by atoms with Gasteiger partial charge in [-0.2, -0.15) is 0 Å². The molecular formula is C14H22N2O2S2. The van der Waals surface area contributed by atoms with E-state index in [1.807, 2.05) is 11.3 Å². The van der Waals surface area contributed by atoms with Gasteiger partial charge in [-0.05, 0) is 43.2 Å². The van der Waals surface area contributed by atoms with E-state index < -0.39 is 9.84 Å². The van der Waals surface area contributed by atoms with Crippen LogP contribution in [0.25, 0.3) is 0 Å². The Morgan fingerprint density at radius 1 is 1.55 bits per heavy atom. The van der Waals surface area contributed by atoms with Crippen LogP contribution < -0.4 is 5.73 Å². The van der Waals surface area contributed by atoms with Gasteiger partial charge in [0.1, 0.15) is 0 Å². The minimum Gasteiger partial charge on any atom is -0.329 e. The van der Waals surface area contributed by atoms with Crippen molar-refractivity contribution in [2.75, 3.05) is 24.6 Å². The van der Waals surface area contributed by atoms with Crippen LogP contribution in [0.5, 0.6) is 0 Å². The fraction of sp³-hybridized carbons (Fsp3) is 0.714. The largest absolute Gasteiger partial charge is 0.329 e. The van der Waals surface area contributed by atoms with Crippen molar-refractivity contribution in [3.05, 3.63) is 21.9 Å². The van der Waals surface area contributed by atoms with E-state index in [1.54, 1.807) is 0 Å². The van der Waals surface area contributed by atoms with E-state index in [-0.39, 0.29) is 17.3 Å². The predicted molar refractivity (Wildman–Crippen MR) is 82.8 cm³/mol. The van der Waals surface area contributed by atoms with Crippen LogP contribution in [0.1, 0.15) is 36.2 Å². The summed E-state index contributed by atoms with van der Waals surface area (Å²) in [7, 11) is -2.96. The minimum atomic E-state index is -2.96. The molecule has 2 N–H and O–H groups in total. The Kier molecular flexibility index (Phi) is 3.69. The van der Waals surface area contributed by atoms with Gasteiger partial charge in [0, 0.05) is 29.5 Å². The van der Waals surface area contributed by atoms with Gasteiger partial charge in [-0.3, -0.25) is 4.90 Å². The molecule has 2 unspecified atom stereocenters. The first-order valence-electron chi connectivity index (χ1n) is 7.21. The average Bonchev–Trinajstić information content (AvgIpc) is 2.87. The number of fused-ring (bicyclic) bond motifs is 1. The normalized spacial score (nSPS) is 33.8. The fourth-order valence-corrected chi connectivity index (χ4v) is 6.77. The molecule has 0 saturated carbocycles. The van der Waals surface area contributed by atoms with Crippen LogP contribution in [0.2, 0.25) is 0 Å².